The maximum atomic E-state index is 10.4. The summed E-state index contributed by atoms with van der Waals surface area (Å²) in [5.74, 6) is -1.34. The molecule has 0 amide bonds. The van der Waals surface area contributed by atoms with Crippen LogP contribution >= 0.6 is 0 Å². The lowest BCUT2D eigenvalue weighted by molar-refractivity contribution is -0.386. The number of methoxy groups -OCH3 is 2. The molecule has 0 aliphatic rings. The van der Waals surface area contributed by atoms with Crippen LogP contribution in [0.15, 0.2) is 24.3 Å². The second-order valence-corrected chi connectivity index (χ2v) is 4.88. The minimum Gasteiger partial charge on any atom is -0.500 e. The maximum Gasteiger partial charge on any atom is 0.315 e. The fourth-order valence-electron chi connectivity index (χ4n) is 1.93. The number of benzene rings is 2. The molecule has 0 saturated carbocycles. The summed E-state index contributed by atoms with van der Waals surface area (Å²) in [4.78, 5) is 29.7. The summed E-state index contributed by atoms with van der Waals surface area (Å²) < 4.78 is 9.34. The fraction of sp³-hybridized carbons (Fsp3) is 0.125. The number of nitro groups is 2. The average Bonchev–Trinajstić information content (AvgIpc) is 2.68. The number of phenols is 2. The van der Waals surface area contributed by atoms with E-state index in [0.717, 1.165) is 12.1 Å². The molecular formula is C16H13N3O9. The zero-order valence-corrected chi connectivity index (χ0v) is 14.5. The standard InChI is InChI=1S/C8H6N2O4.C8H7NO5/c1-14-7-3-5(4-9)2-6(8(7)11)10(12)13;1-14-7-3-5(4-10)2-6(8(7)11)9(12)13/h2-3,11H,1H3;2-4,11H,1H3. The van der Waals surface area contributed by atoms with Crippen LogP contribution in [0.25, 0.3) is 0 Å². The number of hydrogen-bond acceptors (Lipinski definition) is 10. The molecule has 146 valence electrons. The number of nitriles is 1. The summed E-state index contributed by atoms with van der Waals surface area (Å²) in [5, 5.41) is 48.0. The summed E-state index contributed by atoms with van der Waals surface area (Å²) >= 11 is 0. The van der Waals surface area contributed by atoms with Gasteiger partial charge < -0.3 is 19.7 Å². The zero-order chi connectivity index (χ0) is 21.4. The summed E-state index contributed by atoms with van der Waals surface area (Å²) in [6.45, 7) is 0. The van der Waals surface area contributed by atoms with Crippen LogP contribution in [0.3, 0.4) is 0 Å². The number of aromatic hydroxyl groups is 2. The average molecular weight is 391 g/mol. The van der Waals surface area contributed by atoms with Gasteiger partial charge in [0.25, 0.3) is 0 Å². The summed E-state index contributed by atoms with van der Waals surface area (Å²) in [5.41, 5.74) is -0.954. The van der Waals surface area contributed by atoms with Gasteiger partial charge in [0.2, 0.25) is 11.5 Å². The van der Waals surface area contributed by atoms with Gasteiger partial charge in [0, 0.05) is 23.8 Å². The van der Waals surface area contributed by atoms with Crippen molar-refractivity contribution in [2.24, 2.45) is 0 Å². The molecule has 0 bridgehead atoms. The Labute approximate surface area is 157 Å². The number of hydrogen-bond donors (Lipinski definition) is 2. The van der Waals surface area contributed by atoms with Crippen LogP contribution in [0.1, 0.15) is 15.9 Å². The first-order valence-electron chi connectivity index (χ1n) is 7.16. The van der Waals surface area contributed by atoms with E-state index in [2.05, 4.69) is 9.47 Å². The van der Waals surface area contributed by atoms with Crippen LogP contribution in [0.5, 0.6) is 23.0 Å². The number of nitro benzene ring substituents is 2. The van der Waals surface area contributed by atoms with Gasteiger partial charge in [-0.15, -0.1) is 0 Å². The molecular weight excluding hydrogens is 378 g/mol. The minimum absolute atomic E-state index is 0.0614. The number of carbonyl (C=O) groups is 1. The number of carbonyl (C=O) groups excluding carboxylic acids is 1. The molecule has 0 fully saturated rings. The zero-order valence-electron chi connectivity index (χ0n) is 14.5. The first-order valence-corrected chi connectivity index (χ1v) is 7.16. The van der Waals surface area contributed by atoms with Gasteiger partial charge in [-0.25, -0.2) is 0 Å². The molecule has 2 aromatic rings. The van der Waals surface area contributed by atoms with Gasteiger partial charge in [0.1, 0.15) is 6.29 Å². The Morgan fingerprint density at radius 1 is 0.964 bits per heavy atom. The van der Waals surface area contributed by atoms with E-state index in [9.17, 15) is 35.2 Å². The van der Waals surface area contributed by atoms with Gasteiger partial charge in [-0.05, 0) is 6.07 Å². The van der Waals surface area contributed by atoms with Crippen LogP contribution in [0, 0.1) is 31.6 Å². The fourth-order valence-corrected chi connectivity index (χ4v) is 1.93. The summed E-state index contributed by atoms with van der Waals surface area (Å²) in [7, 11) is 2.49. The topological polar surface area (TPSA) is 186 Å². The van der Waals surface area contributed by atoms with E-state index in [4.69, 9.17) is 5.26 Å². The van der Waals surface area contributed by atoms with E-state index in [1.807, 2.05) is 0 Å². The number of nitrogens with zero attached hydrogens (tertiary/aromatic N) is 3. The van der Waals surface area contributed by atoms with Gasteiger partial charge in [0.15, 0.2) is 11.5 Å². The van der Waals surface area contributed by atoms with E-state index in [1.54, 1.807) is 6.07 Å². The van der Waals surface area contributed by atoms with Crippen LogP contribution < -0.4 is 9.47 Å². The highest BCUT2D eigenvalue weighted by Crippen LogP contribution is 2.37. The van der Waals surface area contributed by atoms with Crippen molar-refractivity contribution in [3.8, 4) is 29.1 Å². The monoisotopic (exact) mass is 391 g/mol. The molecule has 0 radical (unpaired) electrons. The Hall–Kier alpha value is -4.40. The first kappa shape index (κ1) is 21.6. The van der Waals surface area contributed by atoms with Crippen molar-refractivity contribution in [2.75, 3.05) is 14.2 Å². The lowest BCUT2D eigenvalue weighted by Gasteiger charge is -2.03. The molecule has 2 N–H and O–H groups in total. The Morgan fingerprint density at radius 3 is 1.82 bits per heavy atom. The van der Waals surface area contributed by atoms with Crippen LogP contribution in [-0.2, 0) is 0 Å². The van der Waals surface area contributed by atoms with Crippen molar-refractivity contribution in [2.45, 2.75) is 0 Å². The predicted octanol–water partition coefficient (Wildman–Crippen LogP) is 2.30. The Balaban J connectivity index is 0.000000280. The molecule has 0 unspecified atom stereocenters. The van der Waals surface area contributed by atoms with Gasteiger partial charge in [-0.3, -0.25) is 25.0 Å². The van der Waals surface area contributed by atoms with Crippen molar-refractivity contribution >= 4 is 17.7 Å². The second-order valence-electron chi connectivity index (χ2n) is 4.88. The van der Waals surface area contributed by atoms with Crippen molar-refractivity contribution in [3.63, 3.8) is 0 Å². The molecule has 0 aliphatic heterocycles. The molecule has 0 heterocycles. The molecule has 2 rings (SSSR count). The lowest BCUT2D eigenvalue weighted by Crippen LogP contribution is -1.94. The summed E-state index contributed by atoms with van der Waals surface area (Å²) in [6.07, 6.45) is 0.439. The van der Waals surface area contributed by atoms with Gasteiger partial charge in [-0.2, -0.15) is 5.26 Å². The number of aldehydes is 1. The van der Waals surface area contributed by atoms with Crippen LogP contribution in [0.4, 0.5) is 11.4 Å². The van der Waals surface area contributed by atoms with Gasteiger partial charge in [0.05, 0.1) is 35.7 Å². The van der Waals surface area contributed by atoms with Crippen LogP contribution in [-0.4, -0.2) is 40.6 Å². The number of phenolic OH excluding ortho intramolecular Hbond substituents is 2. The predicted molar refractivity (Wildman–Crippen MR) is 92.7 cm³/mol. The largest absolute Gasteiger partial charge is 0.500 e. The van der Waals surface area contributed by atoms with Crippen molar-refractivity contribution < 1.29 is 34.3 Å². The van der Waals surface area contributed by atoms with E-state index in [-0.39, 0.29) is 22.6 Å². The molecule has 0 spiro atoms. The highest BCUT2D eigenvalue weighted by Gasteiger charge is 2.20. The van der Waals surface area contributed by atoms with Crippen molar-refractivity contribution in [1.29, 1.82) is 5.26 Å². The molecule has 2 aromatic carbocycles. The van der Waals surface area contributed by atoms with E-state index < -0.39 is 32.7 Å². The third kappa shape index (κ3) is 4.82. The van der Waals surface area contributed by atoms with E-state index in [1.165, 1.54) is 26.4 Å². The highest BCUT2D eigenvalue weighted by atomic mass is 16.6. The quantitative estimate of drug-likeness (QED) is 0.435. The third-order valence-electron chi connectivity index (χ3n) is 3.23. The number of rotatable bonds is 5. The number of ether oxygens (including phenoxy) is 2. The summed E-state index contributed by atoms with van der Waals surface area (Å²) in [6, 6.07) is 6.13. The SMILES string of the molecule is COc1cc(C#N)cc([N+](=O)[O-])c1O.COc1cc(C=O)cc([N+](=O)[O-])c1O. The maximum absolute atomic E-state index is 10.4. The normalized spacial score (nSPS) is 9.32. The van der Waals surface area contributed by atoms with Crippen LogP contribution in [0.2, 0.25) is 0 Å². The van der Waals surface area contributed by atoms with Crippen molar-refractivity contribution in [1.82, 2.24) is 0 Å². The molecule has 0 aromatic heterocycles. The smallest absolute Gasteiger partial charge is 0.315 e. The Bertz CT molecular complexity index is 967. The Morgan fingerprint density at radius 2 is 1.43 bits per heavy atom. The molecule has 0 saturated heterocycles. The third-order valence-corrected chi connectivity index (χ3v) is 3.23. The molecule has 28 heavy (non-hydrogen) atoms. The van der Waals surface area contributed by atoms with Gasteiger partial charge in [-0.1, -0.05) is 0 Å². The highest BCUT2D eigenvalue weighted by molar-refractivity contribution is 5.79. The van der Waals surface area contributed by atoms with E-state index in [0.29, 0.717) is 6.29 Å². The lowest BCUT2D eigenvalue weighted by atomic mass is 10.2. The molecule has 12 nitrogen and oxygen atoms in total. The molecule has 0 aliphatic carbocycles. The molecule has 12 heteroatoms. The Kier molecular flexibility index (Phi) is 7.22. The molecule has 0 atom stereocenters. The van der Waals surface area contributed by atoms with Crippen molar-refractivity contribution in [3.05, 3.63) is 55.6 Å². The first-order chi connectivity index (χ1) is 13.2. The van der Waals surface area contributed by atoms with E-state index >= 15 is 0 Å². The van der Waals surface area contributed by atoms with Gasteiger partial charge >= 0.3 is 11.4 Å². The minimum atomic E-state index is -0.787. The second kappa shape index (κ2) is 9.34.